The topological polar surface area (TPSA) is 49.4 Å². The van der Waals surface area contributed by atoms with Crippen molar-refractivity contribution in [3.63, 3.8) is 0 Å². The fourth-order valence-electron chi connectivity index (χ4n) is 1.62. The first kappa shape index (κ1) is 12.0. The molecule has 0 saturated carbocycles. The Hall–Kier alpha value is -1.43. The number of carbonyl (C=O) groups excluding carboxylic acids is 2. The van der Waals surface area contributed by atoms with Crippen molar-refractivity contribution in [2.75, 3.05) is 13.1 Å². The van der Waals surface area contributed by atoms with Crippen molar-refractivity contribution in [1.29, 1.82) is 0 Å². The average Bonchev–Trinajstić information content (AvgIpc) is 2.28. The van der Waals surface area contributed by atoms with Crippen LogP contribution in [0.2, 0.25) is 0 Å². The zero-order chi connectivity index (χ0) is 12.4. The highest BCUT2D eigenvalue weighted by molar-refractivity contribution is 9.10. The van der Waals surface area contributed by atoms with Gasteiger partial charge in [-0.25, -0.2) is 4.39 Å². The number of hydrogen-bond donors (Lipinski definition) is 1. The molecule has 1 fully saturated rings. The summed E-state index contributed by atoms with van der Waals surface area (Å²) in [4.78, 5) is 24.0. The Morgan fingerprint density at radius 3 is 2.94 bits per heavy atom. The number of nitrogens with zero attached hydrogens (tertiary/aromatic N) is 1. The van der Waals surface area contributed by atoms with Crippen molar-refractivity contribution in [2.24, 2.45) is 0 Å². The summed E-state index contributed by atoms with van der Waals surface area (Å²) in [5.74, 6) is -0.809. The van der Waals surface area contributed by atoms with Crippen LogP contribution < -0.4 is 5.32 Å². The standard InChI is InChI=1S/C11H10BrFN2O2/c12-8-1-2-9(13)7(3-8)5-15-6-10(16)14-4-11(15)17/h1-3H,4-6H2,(H,14,16). The summed E-state index contributed by atoms with van der Waals surface area (Å²) in [6.07, 6.45) is 0. The maximum absolute atomic E-state index is 13.5. The third-order valence-electron chi connectivity index (χ3n) is 2.49. The van der Waals surface area contributed by atoms with E-state index in [9.17, 15) is 14.0 Å². The molecule has 4 nitrogen and oxygen atoms in total. The lowest BCUT2D eigenvalue weighted by Crippen LogP contribution is -2.51. The Morgan fingerprint density at radius 1 is 1.41 bits per heavy atom. The minimum Gasteiger partial charge on any atom is -0.345 e. The van der Waals surface area contributed by atoms with Crippen molar-refractivity contribution < 1.29 is 14.0 Å². The highest BCUT2D eigenvalue weighted by Crippen LogP contribution is 2.17. The Labute approximate surface area is 106 Å². The van der Waals surface area contributed by atoms with Crippen molar-refractivity contribution in [3.8, 4) is 0 Å². The first-order valence-corrected chi connectivity index (χ1v) is 5.84. The van der Waals surface area contributed by atoms with Crippen LogP contribution in [0.15, 0.2) is 22.7 Å². The second-order valence-electron chi connectivity index (χ2n) is 3.76. The average molecular weight is 301 g/mol. The summed E-state index contributed by atoms with van der Waals surface area (Å²) in [6.45, 7) is 0.0662. The molecule has 2 rings (SSSR count). The molecule has 0 atom stereocenters. The highest BCUT2D eigenvalue weighted by Gasteiger charge is 2.23. The molecule has 1 saturated heterocycles. The molecule has 1 aliphatic heterocycles. The van der Waals surface area contributed by atoms with Crippen molar-refractivity contribution in [1.82, 2.24) is 10.2 Å². The normalized spacial score (nSPS) is 16.0. The molecular weight excluding hydrogens is 291 g/mol. The van der Waals surface area contributed by atoms with E-state index in [2.05, 4.69) is 21.2 Å². The molecule has 0 unspecified atom stereocenters. The van der Waals surface area contributed by atoms with Gasteiger partial charge in [-0.3, -0.25) is 9.59 Å². The first-order valence-electron chi connectivity index (χ1n) is 5.04. The number of halogens is 2. The Morgan fingerprint density at radius 2 is 2.18 bits per heavy atom. The van der Waals surface area contributed by atoms with E-state index in [1.807, 2.05) is 0 Å². The first-order chi connectivity index (χ1) is 8.06. The van der Waals surface area contributed by atoms with Crippen LogP contribution in [0.4, 0.5) is 4.39 Å². The minimum absolute atomic E-state index is 0.0194. The Kier molecular flexibility index (Phi) is 3.42. The Bertz CT molecular complexity index is 479. The van der Waals surface area contributed by atoms with Crippen LogP contribution in [0.5, 0.6) is 0 Å². The molecule has 1 heterocycles. The number of rotatable bonds is 2. The van der Waals surface area contributed by atoms with E-state index in [4.69, 9.17) is 0 Å². The van der Waals surface area contributed by atoms with Gasteiger partial charge in [-0.05, 0) is 18.2 Å². The zero-order valence-electron chi connectivity index (χ0n) is 8.87. The largest absolute Gasteiger partial charge is 0.345 e. The maximum atomic E-state index is 13.5. The van der Waals surface area contributed by atoms with E-state index in [1.54, 1.807) is 12.1 Å². The SMILES string of the molecule is O=C1CN(Cc2cc(Br)ccc2F)C(=O)CN1. The van der Waals surface area contributed by atoms with Crippen LogP contribution in [0, 0.1) is 5.82 Å². The van der Waals surface area contributed by atoms with E-state index in [-0.39, 0.29) is 37.3 Å². The number of nitrogens with one attached hydrogen (secondary N) is 1. The van der Waals surface area contributed by atoms with Crippen molar-refractivity contribution in [2.45, 2.75) is 6.54 Å². The van der Waals surface area contributed by atoms with Gasteiger partial charge >= 0.3 is 0 Å². The second-order valence-corrected chi connectivity index (χ2v) is 4.68. The third kappa shape index (κ3) is 2.82. The fraction of sp³-hybridized carbons (Fsp3) is 0.273. The number of piperazine rings is 1. The highest BCUT2D eigenvalue weighted by atomic mass is 79.9. The lowest BCUT2D eigenvalue weighted by molar-refractivity contribution is -0.141. The molecule has 0 radical (unpaired) electrons. The molecule has 0 aliphatic carbocycles. The Balaban J connectivity index is 2.16. The minimum atomic E-state index is -0.382. The predicted molar refractivity (Wildman–Crippen MR) is 62.5 cm³/mol. The molecule has 2 amide bonds. The van der Waals surface area contributed by atoms with Gasteiger partial charge in [0.1, 0.15) is 5.82 Å². The summed E-state index contributed by atoms with van der Waals surface area (Å²) < 4.78 is 14.2. The predicted octanol–water partition coefficient (Wildman–Crippen LogP) is 1.05. The molecule has 90 valence electrons. The zero-order valence-corrected chi connectivity index (χ0v) is 10.5. The van der Waals surface area contributed by atoms with E-state index in [0.29, 0.717) is 5.56 Å². The third-order valence-corrected chi connectivity index (χ3v) is 2.99. The molecule has 6 heteroatoms. The van der Waals surface area contributed by atoms with Gasteiger partial charge in [0.15, 0.2) is 0 Å². The van der Waals surface area contributed by atoms with Gasteiger partial charge in [0, 0.05) is 16.6 Å². The van der Waals surface area contributed by atoms with E-state index in [1.165, 1.54) is 11.0 Å². The van der Waals surface area contributed by atoms with Gasteiger partial charge in [-0.2, -0.15) is 0 Å². The summed E-state index contributed by atoms with van der Waals surface area (Å²) in [5, 5.41) is 2.44. The summed E-state index contributed by atoms with van der Waals surface area (Å²) in [6, 6.07) is 4.52. The summed E-state index contributed by atoms with van der Waals surface area (Å²) in [5.41, 5.74) is 0.391. The number of carbonyl (C=O) groups is 2. The summed E-state index contributed by atoms with van der Waals surface area (Å²) >= 11 is 3.24. The molecule has 17 heavy (non-hydrogen) atoms. The molecule has 0 spiro atoms. The number of benzene rings is 1. The molecule has 1 N–H and O–H groups in total. The van der Waals surface area contributed by atoms with Crippen LogP contribution in [-0.4, -0.2) is 29.8 Å². The van der Waals surface area contributed by atoms with Gasteiger partial charge in [-0.15, -0.1) is 0 Å². The van der Waals surface area contributed by atoms with E-state index < -0.39 is 0 Å². The number of amides is 2. The van der Waals surface area contributed by atoms with Crippen molar-refractivity contribution in [3.05, 3.63) is 34.1 Å². The molecular formula is C11H10BrFN2O2. The number of hydrogen-bond acceptors (Lipinski definition) is 2. The van der Waals surface area contributed by atoms with E-state index in [0.717, 1.165) is 4.47 Å². The monoisotopic (exact) mass is 300 g/mol. The van der Waals surface area contributed by atoms with Gasteiger partial charge in [0.2, 0.25) is 11.8 Å². The van der Waals surface area contributed by atoms with Crippen LogP contribution in [0.25, 0.3) is 0 Å². The lowest BCUT2D eigenvalue weighted by atomic mass is 10.2. The molecule has 1 aliphatic rings. The summed E-state index contributed by atoms with van der Waals surface area (Å²) in [7, 11) is 0. The molecule has 0 bridgehead atoms. The molecule has 1 aromatic rings. The molecule has 1 aromatic carbocycles. The van der Waals surface area contributed by atoms with Gasteiger partial charge in [0.05, 0.1) is 13.1 Å². The van der Waals surface area contributed by atoms with Crippen molar-refractivity contribution >= 4 is 27.7 Å². The van der Waals surface area contributed by atoms with Crippen LogP contribution in [-0.2, 0) is 16.1 Å². The van der Waals surface area contributed by atoms with Crippen LogP contribution in [0.1, 0.15) is 5.56 Å². The van der Waals surface area contributed by atoms with Crippen LogP contribution >= 0.6 is 15.9 Å². The van der Waals surface area contributed by atoms with Crippen LogP contribution in [0.3, 0.4) is 0 Å². The second kappa shape index (κ2) is 4.83. The van der Waals surface area contributed by atoms with E-state index >= 15 is 0 Å². The van der Waals surface area contributed by atoms with Gasteiger partial charge in [-0.1, -0.05) is 15.9 Å². The fourth-order valence-corrected chi connectivity index (χ4v) is 2.03. The van der Waals surface area contributed by atoms with Gasteiger partial charge in [0.25, 0.3) is 0 Å². The molecule has 0 aromatic heterocycles. The maximum Gasteiger partial charge on any atom is 0.242 e. The smallest absolute Gasteiger partial charge is 0.242 e. The van der Waals surface area contributed by atoms with Gasteiger partial charge < -0.3 is 10.2 Å². The quantitative estimate of drug-likeness (QED) is 0.887. The lowest BCUT2D eigenvalue weighted by Gasteiger charge is -2.26.